The van der Waals surface area contributed by atoms with E-state index in [1.165, 1.54) is 141 Å². The van der Waals surface area contributed by atoms with Gasteiger partial charge in [0.25, 0.3) is 0 Å². The average Bonchev–Trinajstić information content (AvgIpc) is 2.92. The van der Waals surface area contributed by atoms with Gasteiger partial charge in [-0.15, -0.1) is 0 Å². The Morgan fingerprint density at radius 1 is 0.425 bits per heavy atom. The molecule has 0 saturated heterocycles. The van der Waals surface area contributed by atoms with Crippen molar-refractivity contribution in [1.29, 1.82) is 0 Å². The van der Waals surface area contributed by atoms with E-state index < -0.39 is 5.41 Å². The number of esters is 2. The molecule has 0 unspecified atom stereocenters. The number of hydrogen-bond donors (Lipinski definition) is 0. The number of ether oxygens (including phenoxy) is 2. The van der Waals surface area contributed by atoms with Crippen molar-refractivity contribution < 1.29 is 19.1 Å². The lowest BCUT2D eigenvalue weighted by molar-refractivity contribution is -0.179. The molecule has 0 bridgehead atoms. The molecule has 4 nitrogen and oxygen atoms in total. The molecule has 1 aliphatic carbocycles. The highest BCUT2D eigenvalue weighted by atomic mass is 16.6. The van der Waals surface area contributed by atoms with Crippen LogP contribution in [0.2, 0.25) is 0 Å². The van der Waals surface area contributed by atoms with Gasteiger partial charge in [0.05, 0.1) is 13.2 Å². The lowest BCUT2D eigenvalue weighted by atomic mass is 9.69. The first-order valence-corrected chi connectivity index (χ1v) is 18.0. The first-order chi connectivity index (χ1) is 19.7. The van der Waals surface area contributed by atoms with E-state index in [1.807, 2.05) is 0 Å². The molecule has 0 aromatic rings. The Bertz CT molecular complexity index is 537. The monoisotopic (exact) mass is 565 g/mol. The number of hydrogen-bond acceptors (Lipinski definition) is 4. The normalized spacial score (nSPS) is 14.2. The summed E-state index contributed by atoms with van der Waals surface area (Å²) in [7, 11) is 0. The van der Waals surface area contributed by atoms with Crippen LogP contribution in [0.3, 0.4) is 0 Å². The van der Waals surface area contributed by atoms with Gasteiger partial charge in [-0.1, -0.05) is 168 Å². The summed E-state index contributed by atoms with van der Waals surface area (Å²) >= 11 is 0. The zero-order valence-corrected chi connectivity index (χ0v) is 27.1. The molecule has 0 spiro atoms. The quantitative estimate of drug-likeness (QED) is 0.0494. The van der Waals surface area contributed by atoms with Crippen LogP contribution in [0.4, 0.5) is 0 Å². The molecule has 0 atom stereocenters. The third-order valence-electron chi connectivity index (χ3n) is 8.95. The summed E-state index contributed by atoms with van der Waals surface area (Å²) in [5.41, 5.74) is -1.01. The van der Waals surface area contributed by atoms with Gasteiger partial charge in [-0.2, -0.15) is 0 Å². The third-order valence-corrected chi connectivity index (χ3v) is 8.95. The molecule has 40 heavy (non-hydrogen) atoms. The van der Waals surface area contributed by atoms with Crippen LogP contribution < -0.4 is 0 Å². The fourth-order valence-electron chi connectivity index (χ4n) is 5.87. The molecule has 0 amide bonds. The van der Waals surface area contributed by atoms with Crippen LogP contribution in [-0.4, -0.2) is 25.2 Å². The van der Waals surface area contributed by atoms with Crippen LogP contribution in [0.25, 0.3) is 0 Å². The Labute approximate surface area is 249 Å². The molecule has 0 radical (unpaired) electrons. The summed E-state index contributed by atoms with van der Waals surface area (Å²) in [6.07, 6.45) is 35.8. The third kappa shape index (κ3) is 18.4. The average molecular weight is 565 g/mol. The summed E-state index contributed by atoms with van der Waals surface area (Å²) in [5.74, 6) is -0.680. The Morgan fingerprint density at radius 2 is 0.675 bits per heavy atom. The van der Waals surface area contributed by atoms with Gasteiger partial charge in [-0.3, -0.25) is 9.59 Å². The van der Waals surface area contributed by atoms with Crippen molar-refractivity contribution in [2.45, 2.75) is 200 Å². The van der Waals surface area contributed by atoms with Crippen LogP contribution in [0.15, 0.2) is 0 Å². The van der Waals surface area contributed by atoms with Crippen molar-refractivity contribution in [3.63, 3.8) is 0 Å². The van der Waals surface area contributed by atoms with E-state index in [2.05, 4.69) is 13.8 Å². The van der Waals surface area contributed by atoms with Crippen LogP contribution in [0.5, 0.6) is 0 Å². The summed E-state index contributed by atoms with van der Waals surface area (Å²) in [6, 6.07) is 0. The minimum absolute atomic E-state index is 0.340. The van der Waals surface area contributed by atoms with E-state index in [1.54, 1.807) is 0 Å². The fraction of sp³-hybridized carbons (Fsp3) is 0.944. The van der Waals surface area contributed by atoms with Gasteiger partial charge >= 0.3 is 11.9 Å². The maximum absolute atomic E-state index is 12.7. The number of carbonyl (C=O) groups excluding carboxylic acids is 2. The second kappa shape index (κ2) is 26.8. The summed E-state index contributed by atoms with van der Waals surface area (Å²) in [5, 5.41) is 0. The summed E-state index contributed by atoms with van der Waals surface area (Å²) in [6.45, 7) is 5.41. The molecule has 1 saturated carbocycles. The topological polar surface area (TPSA) is 52.6 Å². The van der Waals surface area contributed by atoms with E-state index in [4.69, 9.17) is 9.47 Å². The van der Waals surface area contributed by atoms with E-state index in [0.717, 1.165) is 32.1 Å². The smallest absolute Gasteiger partial charge is 0.323 e. The van der Waals surface area contributed by atoms with Crippen molar-refractivity contribution in [2.75, 3.05) is 13.2 Å². The predicted molar refractivity (Wildman–Crippen MR) is 170 cm³/mol. The standard InChI is InChI=1S/C36H68O4/c1-3-5-7-9-11-13-15-17-19-21-23-25-27-32-39-34(37)36(30-29-31-36)35(38)40-33-28-26-24-22-20-18-16-14-12-10-8-6-4-2/h3-33H2,1-2H3. The Balaban J connectivity index is 1.95. The molecular formula is C36H68O4. The molecule has 0 heterocycles. The van der Waals surface area contributed by atoms with Gasteiger partial charge in [-0.25, -0.2) is 0 Å². The number of rotatable bonds is 30. The van der Waals surface area contributed by atoms with E-state index in [0.29, 0.717) is 26.1 Å². The van der Waals surface area contributed by atoms with Crippen molar-refractivity contribution in [3.8, 4) is 0 Å². The van der Waals surface area contributed by atoms with Gasteiger partial charge in [0, 0.05) is 0 Å². The highest BCUT2D eigenvalue weighted by Crippen LogP contribution is 2.43. The molecule has 0 aromatic heterocycles. The minimum Gasteiger partial charge on any atom is -0.465 e. The van der Waals surface area contributed by atoms with Crippen molar-refractivity contribution >= 4 is 11.9 Å². The maximum atomic E-state index is 12.7. The molecule has 236 valence electrons. The SMILES string of the molecule is CCCCCCCCCCCCCCCOC(=O)C1(C(=O)OCCCCCCCCCCCCCCC)CCC1. The van der Waals surface area contributed by atoms with E-state index in [9.17, 15) is 9.59 Å². The largest absolute Gasteiger partial charge is 0.465 e. The molecule has 0 aromatic carbocycles. The Morgan fingerprint density at radius 3 is 0.900 bits per heavy atom. The zero-order chi connectivity index (χ0) is 29.0. The highest BCUT2D eigenvalue weighted by Gasteiger charge is 2.53. The predicted octanol–water partition coefficient (Wildman–Crippen LogP) is 11.4. The zero-order valence-electron chi connectivity index (χ0n) is 27.1. The van der Waals surface area contributed by atoms with Gasteiger partial charge < -0.3 is 9.47 Å². The van der Waals surface area contributed by atoms with Gasteiger partial charge in [-0.05, 0) is 32.1 Å². The van der Waals surface area contributed by atoms with Gasteiger partial charge in [0.15, 0.2) is 5.41 Å². The van der Waals surface area contributed by atoms with Crippen LogP contribution >= 0.6 is 0 Å². The highest BCUT2D eigenvalue weighted by molar-refractivity contribution is 6.01. The van der Waals surface area contributed by atoms with Crippen molar-refractivity contribution in [1.82, 2.24) is 0 Å². The second-order valence-electron chi connectivity index (χ2n) is 12.7. The molecule has 0 N–H and O–H groups in total. The molecular weight excluding hydrogens is 496 g/mol. The van der Waals surface area contributed by atoms with Crippen molar-refractivity contribution in [3.05, 3.63) is 0 Å². The summed E-state index contributed by atoms with van der Waals surface area (Å²) in [4.78, 5) is 25.5. The van der Waals surface area contributed by atoms with Gasteiger partial charge in [0.1, 0.15) is 0 Å². The van der Waals surface area contributed by atoms with Crippen LogP contribution in [-0.2, 0) is 19.1 Å². The molecule has 1 aliphatic rings. The summed E-state index contributed by atoms with van der Waals surface area (Å²) < 4.78 is 11.1. The maximum Gasteiger partial charge on any atom is 0.323 e. The lowest BCUT2D eigenvalue weighted by Crippen LogP contribution is -2.47. The number of unbranched alkanes of at least 4 members (excludes halogenated alkanes) is 24. The number of carbonyl (C=O) groups is 2. The molecule has 1 fully saturated rings. The Kier molecular flexibility index (Phi) is 24.8. The minimum atomic E-state index is -1.01. The van der Waals surface area contributed by atoms with E-state index >= 15 is 0 Å². The molecule has 0 aliphatic heterocycles. The second-order valence-corrected chi connectivity index (χ2v) is 12.7. The van der Waals surface area contributed by atoms with Gasteiger partial charge in [0.2, 0.25) is 0 Å². The van der Waals surface area contributed by atoms with Crippen LogP contribution in [0, 0.1) is 5.41 Å². The first-order valence-electron chi connectivity index (χ1n) is 18.0. The van der Waals surface area contributed by atoms with E-state index in [-0.39, 0.29) is 11.9 Å². The van der Waals surface area contributed by atoms with Crippen LogP contribution in [0.1, 0.15) is 200 Å². The molecule has 1 rings (SSSR count). The first kappa shape index (κ1) is 37.0. The fourth-order valence-corrected chi connectivity index (χ4v) is 5.87. The van der Waals surface area contributed by atoms with Crippen molar-refractivity contribution in [2.24, 2.45) is 5.41 Å². The molecule has 4 heteroatoms. The lowest BCUT2D eigenvalue weighted by Gasteiger charge is -2.36. The Hall–Kier alpha value is -1.06.